The van der Waals surface area contributed by atoms with Crippen molar-refractivity contribution in [3.8, 4) is 11.8 Å². The minimum absolute atomic E-state index is 0.106. The fourth-order valence-corrected chi connectivity index (χ4v) is 2.45. The molecule has 0 saturated carbocycles. The second-order valence-electron chi connectivity index (χ2n) is 4.21. The quantitative estimate of drug-likeness (QED) is 0.824. The number of nitrogens with zero attached hydrogens (tertiary/aromatic N) is 2. The van der Waals surface area contributed by atoms with E-state index in [0.29, 0.717) is 18.0 Å². The Bertz CT molecular complexity index is 647. The molecule has 0 bridgehead atoms. The summed E-state index contributed by atoms with van der Waals surface area (Å²) in [6.07, 6.45) is 3.73. The largest absolute Gasteiger partial charge is 0.349 e. The van der Waals surface area contributed by atoms with Crippen molar-refractivity contribution in [1.82, 2.24) is 15.1 Å². The molecule has 0 aliphatic carbocycles. The van der Waals surface area contributed by atoms with Gasteiger partial charge in [0, 0.05) is 18.3 Å². The van der Waals surface area contributed by atoms with Crippen molar-refractivity contribution < 1.29 is 4.79 Å². The Labute approximate surface area is 121 Å². The maximum atomic E-state index is 12.1. The first-order valence-corrected chi connectivity index (χ1v) is 7.12. The molecule has 104 valence electrons. The smallest absolute Gasteiger partial charge is 0.262 e. The molecule has 6 heteroatoms. The van der Waals surface area contributed by atoms with E-state index < -0.39 is 0 Å². The van der Waals surface area contributed by atoms with Crippen LogP contribution >= 0.6 is 11.3 Å². The third kappa shape index (κ3) is 3.70. The highest BCUT2D eigenvalue weighted by atomic mass is 32.1. The van der Waals surface area contributed by atoms with Crippen molar-refractivity contribution >= 4 is 17.2 Å². The number of aromatic nitrogens is 2. The van der Waals surface area contributed by atoms with Gasteiger partial charge in [-0.25, -0.2) is 0 Å². The number of rotatable bonds is 4. The van der Waals surface area contributed by atoms with E-state index in [9.17, 15) is 4.79 Å². The number of amides is 1. The SMILES string of the molecule is Cc1cnn(CCNC(=O)c2sccc2C#CCN)c1. The summed E-state index contributed by atoms with van der Waals surface area (Å²) in [5.41, 5.74) is 7.17. The number of hydrogen-bond donors (Lipinski definition) is 2. The molecule has 0 spiro atoms. The highest BCUT2D eigenvalue weighted by molar-refractivity contribution is 7.12. The molecule has 0 aliphatic rings. The van der Waals surface area contributed by atoms with Crippen LogP contribution in [-0.4, -0.2) is 28.8 Å². The van der Waals surface area contributed by atoms with Crippen molar-refractivity contribution in [3.05, 3.63) is 39.8 Å². The van der Waals surface area contributed by atoms with Gasteiger partial charge in [-0.2, -0.15) is 5.10 Å². The van der Waals surface area contributed by atoms with Crippen LogP contribution < -0.4 is 11.1 Å². The normalized spacial score (nSPS) is 9.90. The fourth-order valence-electron chi connectivity index (χ4n) is 1.68. The highest BCUT2D eigenvalue weighted by Gasteiger charge is 2.11. The lowest BCUT2D eigenvalue weighted by atomic mass is 10.2. The number of hydrogen-bond acceptors (Lipinski definition) is 4. The summed E-state index contributed by atoms with van der Waals surface area (Å²) in [6, 6.07) is 1.83. The Morgan fingerprint density at radius 2 is 2.45 bits per heavy atom. The van der Waals surface area contributed by atoms with Gasteiger partial charge >= 0.3 is 0 Å². The van der Waals surface area contributed by atoms with Crippen LogP contribution in [0.3, 0.4) is 0 Å². The van der Waals surface area contributed by atoms with Crippen LogP contribution in [0.15, 0.2) is 23.8 Å². The standard InChI is InChI=1S/C14H16N4OS/c1-11-9-17-18(10-11)7-6-16-14(19)13-12(3-2-5-15)4-8-20-13/h4,8-10H,5-7,15H2,1H3,(H,16,19). The van der Waals surface area contributed by atoms with Crippen LogP contribution in [0.25, 0.3) is 0 Å². The van der Waals surface area contributed by atoms with Crippen LogP contribution in [0.2, 0.25) is 0 Å². The van der Waals surface area contributed by atoms with Crippen LogP contribution in [-0.2, 0) is 6.54 Å². The Morgan fingerprint density at radius 3 is 3.15 bits per heavy atom. The number of thiophene rings is 1. The number of carbonyl (C=O) groups excluding carboxylic acids is 1. The number of nitrogens with two attached hydrogens (primary N) is 1. The van der Waals surface area contributed by atoms with E-state index in [0.717, 1.165) is 11.1 Å². The van der Waals surface area contributed by atoms with Gasteiger partial charge in [0.25, 0.3) is 5.91 Å². The van der Waals surface area contributed by atoms with Gasteiger partial charge in [0.2, 0.25) is 0 Å². The average Bonchev–Trinajstić information content (AvgIpc) is 3.05. The number of aryl methyl sites for hydroxylation is 1. The van der Waals surface area contributed by atoms with Gasteiger partial charge in [-0.05, 0) is 23.9 Å². The van der Waals surface area contributed by atoms with Gasteiger partial charge in [0.1, 0.15) is 4.88 Å². The molecular weight excluding hydrogens is 272 g/mol. The Hall–Kier alpha value is -2.10. The predicted molar refractivity (Wildman–Crippen MR) is 79.5 cm³/mol. The van der Waals surface area contributed by atoms with E-state index in [1.807, 2.05) is 24.6 Å². The third-order valence-electron chi connectivity index (χ3n) is 2.59. The molecule has 0 aliphatic heterocycles. The summed E-state index contributed by atoms with van der Waals surface area (Å²) in [6.45, 7) is 3.45. The molecule has 3 N–H and O–H groups in total. The summed E-state index contributed by atoms with van der Waals surface area (Å²) in [4.78, 5) is 12.7. The maximum Gasteiger partial charge on any atom is 0.262 e. The molecule has 1 amide bonds. The minimum atomic E-state index is -0.106. The summed E-state index contributed by atoms with van der Waals surface area (Å²) in [5, 5.41) is 8.89. The van der Waals surface area contributed by atoms with Gasteiger partial charge in [0.15, 0.2) is 0 Å². The molecule has 20 heavy (non-hydrogen) atoms. The summed E-state index contributed by atoms with van der Waals surface area (Å²) >= 11 is 1.38. The van der Waals surface area contributed by atoms with Crippen molar-refractivity contribution in [2.45, 2.75) is 13.5 Å². The lowest BCUT2D eigenvalue weighted by Crippen LogP contribution is -2.27. The van der Waals surface area contributed by atoms with E-state index in [4.69, 9.17) is 5.73 Å². The molecule has 0 aromatic carbocycles. The zero-order valence-corrected chi connectivity index (χ0v) is 12.0. The first-order valence-electron chi connectivity index (χ1n) is 6.24. The molecule has 0 saturated heterocycles. The van der Waals surface area contributed by atoms with Gasteiger partial charge in [0.05, 0.1) is 19.3 Å². The summed E-state index contributed by atoms with van der Waals surface area (Å²) in [5.74, 6) is 5.56. The summed E-state index contributed by atoms with van der Waals surface area (Å²) < 4.78 is 1.80. The van der Waals surface area contributed by atoms with E-state index in [2.05, 4.69) is 22.3 Å². The Kier molecular flexibility index (Phi) is 4.93. The van der Waals surface area contributed by atoms with Crippen molar-refractivity contribution in [2.24, 2.45) is 5.73 Å². The molecule has 2 rings (SSSR count). The van der Waals surface area contributed by atoms with E-state index in [-0.39, 0.29) is 12.5 Å². The van der Waals surface area contributed by atoms with Gasteiger partial charge in [-0.3, -0.25) is 9.48 Å². The lowest BCUT2D eigenvalue weighted by Gasteiger charge is -2.04. The molecule has 0 atom stereocenters. The van der Waals surface area contributed by atoms with Crippen LogP contribution in [0.4, 0.5) is 0 Å². The van der Waals surface area contributed by atoms with Crippen molar-refractivity contribution in [3.63, 3.8) is 0 Å². The highest BCUT2D eigenvalue weighted by Crippen LogP contribution is 2.15. The molecule has 0 unspecified atom stereocenters. The van der Waals surface area contributed by atoms with Gasteiger partial charge in [-0.15, -0.1) is 11.3 Å². The third-order valence-corrected chi connectivity index (χ3v) is 3.50. The molecule has 5 nitrogen and oxygen atoms in total. The van der Waals surface area contributed by atoms with Gasteiger partial charge < -0.3 is 11.1 Å². The monoisotopic (exact) mass is 288 g/mol. The minimum Gasteiger partial charge on any atom is -0.349 e. The fraction of sp³-hybridized carbons (Fsp3) is 0.286. The molecule has 2 heterocycles. The molecule has 0 fully saturated rings. The average molecular weight is 288 g/mol. The lowest BCUT2D eigenvalue weighted by molar-refractivity contribution is 0.0956. The first kappa shape index (κ1) is 14.3. The molecule has 2 aromatic rings. The second kappa shape index (κ2) is 6.89. The maximum absolute atomic E-state index is 12.1. The Morgan fingerprint density at radius 1 is 1.60 bits per heavy atom. The Balaban J connectivity index is 1.90. The number of nitrogens with one attached hydrogen (secondary N) is 1. The molecular formula is C14H16N4OS. The first-order chi connectivity index (χ1) is 9.70. The van der Waals surface area contributed by atoms with Crippen LogP contribution in [0.5, 0.6) is 0 Å². The second-order valence-corrected chi connectivity index (χ2v) is 5.12. The van der Waals surface area contributed by atoms with Gasteiger partial charge in [-0.1, -0.05) is 11.8 Å². The van der Waals surface area contributed by atoms with Crippen molar-refractivity contribution in [1.29, 1.82) is 0 Å². The summed E-state index contributed by atoms with van der Waals surface area (Å²) in [7, 11) is 0. The molecule has 0 radical (unpaired) electrons. The number of carbonyl (C=O) groups is 1. The van der Waals surface area contributed by atoms with E-state index in [1.165, 1.54) is 11.3 Å². The van der Waals surface area contributed by atoms with E-state index >= 15 is 0 Å². The zero-order chi connectivity index (χ0) is 14.4. The topological polar surface area (TPSA) is 72.9 Å². The van der Waals surface area contributed by atoms with Crippen LogP contribution in [0.1, 0.15) is 20.8 Å². The molecule has 2 aromatic heterocycles. The van der Waals surface area contributed by atoms with E-state index in [1.54, 1.807) is 10.9 Å². The predicted octanol–water partition coefficient (Wildman–Crippen LogP) is 0.993. The zero-order valence-electron chi connectivity index (χ0n) is 11.2. The van der Waals surface area contributed by atoms with Crippen LogP contribution in [0, 0.1) is 18.8 Å². The van der Waals surface area contributed by atoms with Crippen molar-refractivity contribution in [2.75, 3.05) is 13.1 Å².